The lowest BCUT2D eigenvalue weighted by Gasteiger charge is -2.38. The van der Waals surface area contributed by atoms with Crippen molar-refractivity contribution in [2.75, 3.05) is 0 Å². The summed E-state index contributed by atoms with van der Waals surface area (Å²) in [5.74, 6) is 1.21. The van der Waals surface area contributed by atoms with Gasteiger partial charge in [-0.2, -0.15) is 0 Å². The van der Waals surface area contributed by atoms with Crippen molar-refractivity contribution in [2.45, 2.75) is 64.1 Å². The molecule has 2 fully saturated rings. The highest BCUT2D eigenvalue weighted by Crippen LogP contribution is 2.38. The molecule has 0 spiro atoms. The molecular weight excluding hydrogens is 372 g/mol. The van der Waals surface area contributed by atoms with Gasteiger partial charge in [0.05, 0.1) is 5.52 Å². The minimum absolute atomic E-state index is 0.195. The second kappa shape index (κ2) is 7.75. The molecule has 5 rings (SSSR count). The number of amides is 1. The Morgan fingerprint density at radius 3 is 2.50 bits per heavy atom. The van der Waals surface area contributed by atoms with Crippen LogP contribution in [-0.4, -0.2) is 34.0 Å². The Hall–Kier alpha value is -2.88. The molecule has 4 nitrogen and oxygen atoms in total. The maximum atomic E-state index is 12.3. The van der Waals surface area contributed by atoms with Crippen LogP contribution in [0.3, 0.4) is 0 Å². The van der Waals surface area contributed by atoms with Crippen LogP contribution in [0.4, 0.5) is 0 Å². The van der Waals surface area contributed by atoms with Crippen molar-refractivity contribution in [3.05, 3.63) is 60.3 Å². The first-order valence-corrected chi connectivity index (χ1v) is 11.1. The number of benzene rings is 2. The van der Waals surface area contributed by atoms with Gasteiger partial charge in [-0.05, 0) is 54.7 Å². The van der Waals surface area contributed by atoms with E-state index in [1.54, 1.807) is 0 Å². The van der Waals surface area contributed by atoms with E-state index >= 15 is 0 Å². The predicted octanol–water partition coefficient (Wildman–Crippen LogP) is 5.52. The first-order valence-electron chi connectivity index (χ1n) is 11.1. The number of aryl methyl sites for hydroxylation is 1. The summed E-state index contributed by atoms with van der Waals surface area (Å²) in [5, 5.41) is 1.17. The lowest BCUT2D eigenvalue weighted by molar-refractivity contribution is -0.136. The molecule has 2 aliphatic heterocycles. The van der Waals surface area contributed by atoms with Gasteiger partial charge in [0.15, 0.2) is 0 Å². The standard InChI is InChI=1S/C26H28N2O2/c1-3-25(29)28-20-9-10-21(28)16-23(15-20)30-22-11-6-18(7-12-22)24-13-8-19-5-4-14-27-26(19)17(24)2/h4-8,11-14,20-21,23H,3,9-10,15-16H2,1-2H3/t20-,21?,23?/m0/s1. The summed E-state index contributed by atoms with van der Waals surface area (Å²) in [6, 6.07) is 17.5. The van der Waals surface area contributed by atoms with Gasteiger partial charge in [0, 0.05) is 42.9 Å². The Morgan fingerprint density at radius 1 is 1.07 bits per heavy atom. The normalized spacial score (nSPS) is 23.0. The summed E-state index contributed by atoms with van der Waals surface area (Å²) in [6.07, 6.45) is 6.76. The summed E-state index contributed by atoms with van der Waals surface area (Å²) in [4.78, 5) is 18.9. The zero-order valence-corrected chi connectivity index (χ0v) is 17.7. The van der Waals surface area contributed by atoms with Crippen molar-refractivity contribution >= 4 is 16.8 Å². The fraction of sp³-hybridized carbons (Fsp3) is 0.385. The lowest BCUT2D eigenvalue weighted by atomic mass is 9.97. The van der Waals surface area contributed by atoms with Crippen molar-refractivity contribution < 1.29 is 9.53 Å². The van der Waals surface area contributed by atoms with E-state index in [0.29, 0.717) is 24.4 Å². The summed E-state index contributed by atoms with van der Waals surface area (Å²) in [6.45, 7) is 4.09. The first-order chi connectivity index (χ1) is 14.6. The van der Waals surface area contributed by atoms with Crippen LogP contribution in [0.2, 0.25) is 0 Å². The smallest absolute Gasteiger partial charge is 0.222 e. The molecule has 3 aromatic rings. The molecule has 1 aromatic heterocycles. The fourth-order valence-corrected chi connectivity index (χ4v) is 5.32. The molecule has 0 radical (unpaired) electrons. The molecule has 30 heavy (non-hydrogen) atoms. The van der Waals surface area contributed by atoms with Crippen molar-refractivity contribution in [3.63, 3.8) is 0 Å². The van der Waals surface area contributed by atoms with E-state index < -0.39 is 0 Å². The van der Waals surface area contributed by atoms with Crippen LogP contribution in [0.1, 0.15) is 44.6 Å². The molecule has 0 saturated carbocycles. The molecular formula is C26H28N2O2. The first kappa shape index (κ1) is 19.1. The third-order valence-corrected chi connectivity index (χ3v) is 6.78. The molecule has 3 heterocycles. The number of nitrogens with zero attached hydrogens (tertiary/aromatic N) is 2. The van der Waals surface area contributed by atoms with Gasteiger partial charge in [-0.15, -0.1) is 0 Å². The molecule has 2 unspecified atom stereocenters. The van der Waals surface area contributed by atoms with E-state index in [9.17, 15) is 4.79 Å². The van der Waals surface area contributed by atoms with Crippen LogP contribution in [-0.2, 0) is 4.79 Å². The topological polar surface area (TPSA) is 42.4 Å². The SMILES string of the molecule is CCC(=O)N1C2CC[C@H]1CC(Oc1ccc(-c3ccc4cccnc4c3C)cc1)C2. The van der Waals surface area contributed by atoms with Crippen molar-refractivity contribution in [2.24, 2.45) is 0 Å². The average molecular weight is 401 g/mol. The van der Waals surface area contributed by atoms with E-state index in [1.165, 1.54) is 22.1 Å². The Balaban J connectivity index is 1.31. The van der Waals surface area contributed by atoms with Crippen molar-refractivity contribution in [1.29, 1.82) is 0 Å². The Bertz CT molecular complexity index is 1060. The van der Waals surface area contributed by atoms with E-state index in [2.05, 4.69) is 59.3 Å². The number of pyridine rings is 1. The second-order valence-corrected chi connectivity index (χ2v) is 8.59. The molecule has 2 saturated heterocycles. The number of hydrogen-bond acceptors (Lipinski definition) is 3. The summed E-state index contributed by atoms with van der Waals surface area (Å²) in [5.41, 5.74) is 4.64. The predicted molar refractivity (Wildman–Crippen MR) is 120 cm³/mol. The molecule has 0 N–H and O–H groups in total. The highest BCUT2D eigenvalue weighted by Gasteiger charge is 2.43. The zero-order chi connectivity index (χ0) is 20.7. The molecule has 2 aliphatic rings. The Morgan fingerprint density at radius 2 is 1.80 bits per heavy atom. The van der Waals surface area contributed by atoms with Gasteiger partial charge >= 0.3 is 0 Å². The van der Waals surface area contributed by atoms with Gasteiger partial charge in [0.1, 0.15) is 11.9 Å². The second-order valence-electron chi connectivity index (χ2n) is 8.59. The molecule has 4 heteroatoms. The lowest BCUT2D eigenvalue weighted by Crippen LogP contribution is -2.49. The maximum absolute atomic E-state index is 12.3. The van der Waals surface area contributed by atoms with E-state index in [4.69, 9.17) is 4.74 Å². The number of piperidine rings is 1. The molecule has 3 atom stereocenters. The average Bonchev–Trinajstić information content (AvgIpc) is 3.05. The third-order valence-electron chi connectivity index (χ3n) is 6.78. The van der Waals surface area contributed by atoms with E-state index in [1.807, 2.05) is 19.2 Å². The van der Waals surface area contributed by atoms with Crippen LogP contribution in [0.15, 0.2) is 54.7 Å². The Labute approximate surface area is 177 Å². The van der Waals surface area contributed by atoms with Crippen LogP contribution >= 0.6 is 0 Å². The van der Waals surface area contributed by atoms with Gasteiger partial charge in [-0.1, -0.05) is 37.3 Å². The van der Waals surface area contributed by atoms with Crippen LogP contribution in [0, 0.1) is 6.92 Å². The molecule has 0 aliphatic carbocycles. The van der Waals surface area contributed by atoms with Crippen LogP contribution in [0.5, 0.6) is 5.75 Å². The number of carbonyl (C=O) groups is 1. The van der Waals surface area contributed by atoms with Crippen LogP contribution < -0.4 is 4.74 Å². The van der Waals surface area contributed by atoms with Crippen LogP contribution in [0.25, 0.3) is 22.0 Å². The molecule has 2 aromatic carbocycles. The number of carbonyl (C=O) groups excluding carboxylic acids is 1. The van der Waals surface area contributed by atoms with Gasteiger partial charge < -0.3 is 9.64 Å². The molecule has 1 amide bonds. The number of ether oxygens (including phenoxy) is 1. The highest BCUT2D eigenvalue weighted by molar-refractivity contribution is 5.88. The van der Waals surface area contributed by atoms with Gasteiger partial charge in [-0.3, -0.25) is 9.78 Å². The minimum atomic E-state index is 0.195. The molecule has 154 valence electrons. The molecule has 2 bridgehead atoms. The Kier molecular flexibility index (Phi) is 4.93. The van der Waals surface area contributed by atoms with E-state index in [0.717, 1.165) is 36.9 Å². The third kappa shape index (κ3) is 3.34. The van der Waals surface area contributed by atoms with Gasteiger partial charge in [-0.25, -0.2) is 0 Å². The fourth-order valence-electron chi connectivity index (χ4n) is 5.32. The quantitative estimate of drug-likeness (QED) is 0.579. The van der Waals surface area contributed by atoms with Gasteiger partial charge in [0.25, 0.3) is 0 Å². The van der Waals surface area contributed by atoms with Crippen molar-refractivity contribution in [1.82, 2.24) is 9.88 Å². The number of fused-ring (bicyclic) bond motifs is 3. The number of aromatic nitrogens is 1. The number of hydrogen-bond donors (Lipinski definition) is 0. The van der Waals surface area contributed by atoms with Gasteiger partial charge in [0.2, 0.25) is 5.91 Å². The highest BCUT2D eigenvalue weighted by atomic mass is 16.5. The van der Waals surface area contributed by atoms with E-state index in [-0.39, 0.29) is 6.10 Å². The summed E-state index contributed by atoms with van der Waals surface area (Å²) in [7, 11) is 0. The van der Waals surface area contributed by atoms with Crippen molar-refractivity contribution in [3.8, 4) is 16.9 Å². The number of rotatable bonds is 4. The summed E-state index contributed by atoms with van der Waals surface area (Å²) >= 11 is 0. The monoisotopic (exact) mass is 400 g/mol. The largest absolute Gasteiger partial charge is 0.490 e. The zero-order valence-electron chi connectivity index (χ0n) is 17.7. The maximum Gasteiger partial charge on any atom is 0.222 e. The minimum Gasteiger partial charge on any atom is -0.490 e. The summed E-state index contributed by atoms with van der Waals surface area (Å²) < 4.78 is 6.34.